The molecule has 0 bridgehead atoms. The molecular weight excluding hydrogens is 392 g/mol. The second-order valence-electron chi connectivity index (χ2n) is 8.15. The number of hydrogen-bond acceptors (Lipinski definition) is 6. The predicted molar refractivity (Wildman–Crippen MR) is 105 cm³/mol. The highest BCUT2D eigenvalue weighted by Gasteiger charge is 2.38. The van der Waals surface area contributed by atoms with E-state index in [0.717, 1.165) is 6.42 Å². The van der Waals surface area contributed by atoms with Crippen molar-refractivity contribution in [3.63, 3.8) is 0 Å². The summed E-state index contributed by atoms with van der Waals surface area (Å²) in [6.07, 6.45) is 3.96. The summed E-state index contributed by atoms with van der Waals surface area (Å²) in [5.41, 5.74) is 0. The number of ketones is 1. The molecule has 3 N–H and O–H groups in total. The van der Waals surface area contributed by atoms with Crippen molar-refractivity contribution in [1.29, 1.82) is 0 Å². The van der Waals surface area contributed by atoms with Crippen LogP contribution in [0.15, 0.2) is 0 Å². The normalized spacial score (nSPS) is 29.8. The molecule has 10 nitrogen and oxygen atoms in total. The van der Waals surface area contributed by atoms with Crippen molar-refractivity contribution in [2.24, 2.45) is 0 Å². The maximum atomic E-state index is 13.1. The molecule has 3 saturated heterocycles. The Morgan fingerprint density at radius 1 is 1.10 bits per heavy atom. The van der Waals surface area contributed by atoms with Crippen LogP contribution in [0.5, 0.6) is 0 Å². The number of hydrogen-bond donors (Lipinski definition) is 3. The van der Waals surface area contributed by atoms with Gasteiger partial charge in [-0.25, -0.2) is 0 Å². The van der Waals surface area contributed by atoms with Crippen LogP contribution in [-0.2, 0) is 28.7 Å². The van der Waals surface area contributed by atoms with E-state index in [-0.39, 0.29) is 30.2 Å². The molecule has 0 aromatic rings. The lowest BCUT2D eigenvalue weighted by atomic mass is 10.0. The number of ether oxygens (including phenoxy) is 1. The second kappa shape index (κ2) is 10.0. The van der Waals surface area contributed by atoms with Crippen LogP contribution in [0, 0.1) is 0 Å². The molecule has 3 aliphatic rings. The number of epoxide rings is 1. The molecule has 0 radical (unpaired) electrons. The number of nitrogens with one attached hydrogen (secondary N) is 3. The fourth-order valence-corrected chi connectivity index (χ4v) is 3.92. The summed E-state index contributed by atoms with van der Waals surface area (Å²) in [5, 5.41) is 7.83. The van der Waals surface area contributed by atoms with E-state index in [1.807, 2.05) is 0 Å². The first-order valence-corrected chi connectivity index (χ1v) is 10.7. The first-order valence-electron chi connectivity index (χ1n) is 10.7. The Balaban J connectivity index is 1.60. The minimum atomic E-state index is -0.790. The van der Waals surface area contributed by atoms with E-state index in [0.29, 0.717) is 51.7 Å². The standard InChI is InChI=1S/C20H30N4O6/c1-12-18(27)21-10-17(26)23-13(6-3-2-4-8-15(25)16-11-30-16)20(29)24-9-5-7-14(24)19(28)22-12/h12-14,16H,2-11H2,1H3,(H,21,27)(H,22,28)(H,23,26). The molecule has 10 heteroatoms. The molecule has 0 spiro atoms. The highest BCUT2D eigenvalue weighted by molar-refractivity contribution is 5.96. The van der Waals surface area contributed by atoms with E-state index in [1.165, 1.54) is 4.90 Å². The van der Waals surface area contributed by atoms with E-state index in [1.54, 1.807) is 6.92 Å². The predicted octanol–water partition coefficient (Wildman–Crippen LogP) is -0.985. The van der Waals surface area contributed by atoms with Crippen molar-refractivity contribution in [2.45, 2.75) is 76.1 Å². The molecule has 30 heavy (non-hydrogen) atoms. The fourth-order valence-electron chi connectivity index (χ4n) is 3.92. The van der Waals surface area contributed by atoms with Gasteiger partial charge in [0, 0.05) is 13.0 Å². The van der Waals surface area contributed by atoms with Crippen molar-refractivity contribution < 1.29 is 28.7 Å². The zero-order valence-corrected chi connectivity index (χ0v) is 17.3. The summed E-state index contributed by atoms with van der Waals surface area (Å²) in [4.78, 5) is 63.3. The lowest BCUT2D eigenvalue weighted by Crippen LogP contribution is -2.58. The smallest absolute Gasteiger partial charge is 0.245 e. The number of rotatable bonds is 7. The van der Waals surface area contributed by atoms with Gasteiger partial charge in [0.2, 0.25) is 23.6 Å². The molecule has 0 aliphatic carbocycles. The summed E-state index contributed by atoms with van der Waals surface area (Å²) in [6, 6.07) is -2.19. The quantitative estimate of drug-likeness (QED) is 0.356. The summed E-state index contributed by atoms with van der Waals surface area (Å²) in [5.74, 6) is -1.41. The third kappa shape index (κ3) is 5.78. The number of Topliss-reactive ketones (excluding diaryl/α,β-unsaturated/α-hetero) is 1. The fraction of sp³-hybridized carbons (Fsp3) is 0.750. The highest BCUT2D eigenvalue weighted by Crippen LogP contribution is 2.21. The van der Waals surface area contributed by atoms with Crippen LogP contribution in [0.1, 0.15) is 51.9 Å². The minimum Gasteiger partial charge on any atom is -0.365 e. The number of carbonyl (C=O) groups excluding carboxylic acids is 5. The van der Waals surface area contributed by atoms with Gasteiger partial charge in [0.15, 0.2) is 5.78 Å². The Morgan fingerprint density at radius 3 is 2.60 bits per heavy atom. The lowest BCUT2D eigenvalue weighted by Gasteiger charge is -2.30. The average molecular weight is 422 g/mol. The molecule has 4 unspecified atom stereocenters. The maximum Gasteiger partial charge on any atom is 0.245 e. The minimum absolute atomic E-state index is 0.112. The molecule has 4 atom stereocenters. The number of carbonyl (C=O) groups is 5. The van der Waals surface area contributed by atoms with Gasteiger partial charge >= 0.3 is 0 Å². The van der Waals surface area contributed by atoms with E-state index >= 15 is 0 Å². The van der Waals surface area contributed by atoms with Crippen molar-refractivity contribution in [2.75, 3.05) is 19.7 Å². The van der Waals surface area contributed by atoms with Gasteiger partial charge < -0.3 is 25.6 Å². The lowest BCUT2D eigenvalue weighted by molar-refractivity contribution is -0.142. The molecule has 3 heterocycles. The zero-order valence-electron chi connectivity index (χ0n) is 17.3. The van der Waals surface area contributed by atoms with Crippen LogP contribution in [0.2, 0.25) is 0 Å². The van der Waals surface area contributed by atoms with E-state index < -0.39 is 29.9 Å². The molecule has 166 valence electrons. The maximum absolute atomic E-state index is 13.1. The van der Waals surface area contributed by atoms with Crippen molar-refractivity contribution >= 4 is 29.4 Å². The highest BCUT2D eigenvalue weighted by atomic mass is 16.6. The number of fused-ring (bicyclic) bond motifs is 1. The first kappa shape index (κ1) is 22.2. The summed E-state index contributed by atoms with van der Waals surface area (Å²) >= 11 is 0. The monoisotopic (exact) mass is 422 g/mol. The summed E-state index contributed by atoms with van der Waals surface area (Å²) in [6.45, 7) is 2.24. The van der Waals surface area contributed by atoms with Crippen LogP contribution < -0.4 is 16.0 Å². The molecule has 0 aromatic heterocycles. The Hall–Kier alpha value is -2.49. The van der Waals surface area contributed by atoms with Crippen LogP contribution in [0.25, 0.3) is 0 Å². The van der Waals surface area contributed by atoms with Crippen molar-refractivity contribution in [1.82, 2.24) is 20.9 Å². The molecule has 3 rings (SSSR count). The Labute approximate surface area is 175 Å². The number of nitrogens with zero attached hydrogens (tertiary/aromatic N) is 1. The topological polar surface area (TPSA) is 137 Å². The van der Waals surface area contributed by atoms with Crippen LogP contribution in [0.3, 0.4) is 0 Å². The first-order chi connectivity index (χ1) is 14.4. The average Bonchev–Trinajstić information content (AvgIpc) is 3.45. The molecular formula is C20H30N4O6. The molecule has 0 saturated carbocycles. The van der Waals surface area contributed by atoms with E-state index in [4.69, 9.17) is 4.74 Å². The molecule has 0 aromatic carbocycles. The van der Waals surface area contributed by atoms with Gasteiger partial charge in [-0.2, -0.15) is 0 Å². The Morgan fingerprint density at radius 2 is 1.87 bits per heavy atom. The van der Waals surface area contributed by atoms with Gasteiger partial charge in [0.25, 0.3) is 0 Å². The van der Waals surface area contributed by atoms with Gasteiger partial charge in [-0.15, -0.1) is 0 Å². The summed E-state index contributed by atoms with van der Waals surface area (Å²) in [7, 11) is 0. The third-order valence-corrected chi connectivity index (χ3v) is 5.76. The van der Waals surface area contributed by atoms with Crippen molar-refractivity contribution in [3.8, 4) is 0 Å². The van der Waals surface area contributed by atoms with Crippen LogP contribution in [0.4, 0.5) is 0 Å². The Kier molecular flexibility index (Phi) is 7.41. The van der Waals surface area contributed by atoms with Crippen molar-refractivity contribution in [3.05, 3.63) is 0 Å². The number of unbranched alkanes of at least 4 members (excludes halogenated alkanes) is 2. The van der Waals surface area contributed by atoms with E-state index in [2.05, 4.69) is 16.0 Å². The van der Waals surface area contributed by atoms with Gasteiger partial charge in [0.1, 0.15) is 24.2 Å². The number of amides is 4. The van der Waals surface area contributed by atoms with Gasteiger partial charge in [0.05, 0.1) is 13.2 Å². The van der Waals surface area contributed by atoms with Gasteiger partial charge in [-0.3, -0.25) is 24.0 Å². The third-order valence-electron chi connectivity index (χ3n) is 5.76. The zero-order chi connectivity index (χ0) is 21.7. The summed E-state index contributed by atoms with van der Waals surface area (Å²) < 4.78 is 4.97. The molecule has 3 fully saturated rings. The van der Waals surface area contributed by atoms with Crippen LogP contribution >= 0.6 is 0 Å². The van der Waals surface area contributed by atoms with Gasteiger partial charge in [-0.05, 0) is 32.6 Å². The second-order valence-corrected chi connectivity index (χ2v) is 8.15. The Bertz CT molecular complexity index is 707. The molecule has 4 amide bonds. The van der Waals surface area contributed by atoms with E-state index in [9.17, 15) is 24.0 Å². The largest absolute Gasteiger partial charge is 0.365 e. The van der Waals surface area contributed by atoms with Crippen LogP contribution in [-0.4, -0.2) is 78.2 Å². The SMILES string of the molecule is CC1NC(=O)C2CCCN2C(=O)C(CCCCCC(=O)C2CO2)NC(=O)CNC1=O. The van der Waals surface area contributed by atoms with Gasteiger partial charge in [-0.1, -0.05) is 12.8 Å². The molecule has 3 aliphatic heterocycles.